The second kappa shape index (κ2) is 5.30. The van der Waals surface area contributed by atoms with Gasteiger partial charge in [0, 0.05) is 11.6 Å². The third kappa shape index (κ3) is 3.34. The highest BCUT2D eigenvalue weighted by Crippen LogP contribution is 2.23. The Morgan fingerprint density at radius 3 is 2.80 bits per heavy atom. The lowest BCUT2D eigenvalue weighted by Crippen LogP contribution is -2.23. The number of aryl methyl sites for hydroxylation is 1. The Morgan fingerprint density at radius 2 is 2.20 bits per heavy atom. The molecule has 0 spiro atoms. The van der Waals surface area contributed by atoms with E-state index in [4.69, 9.17) is 21.8 Å². The molecule has 1 unspecified atom stereocenters. The van der Waals surface area contributed by atoms with Crippen LogP contribution in [0.5, 0.6) is 0 Å². The fourth-order valence-electron chi connectivity index (χ4n) is 1.07. The van der Waals surface area contributed by atoms with E-state index in [9.17, 15) is 4.39 Å². The summed E-state index contributed by atoms with van der Waals surface area (Å²) in [6.45, 7) is 1.42. The lowest BCUT2D eigenvalue weighted by molar-refractivity contribution is 0.105. The first kappa shape index (κ1) is 12.2. The van der Waals surface area contributed by atoms with Crippen molar-refractivity contribution in [3.05, 3.63) is 28.5 Å². The molecule has 0 radical (unpaired) electrons. The summed E-state index contributed by atoms with van der Waals surface area (Å²) < 4.78 is 13.3. The van der Waals surface area contributed by atoms with E-state index in [0.29, 0.717) is 10.6 Å². The minimum Gasteiger partial charge on any atom is -0.394 e. The Balaban J connectivity index is 2.73. The van der Waals surface area contributed by atoms with Crippen molar-refractivity contribution in [1.29, 1.82) is 0 Å². The lowest BCUT2D eigenvalue weighted by atomic mass is 10.2. The molecule has 0 saturated carbocycles. The van der Waals surface area contributed by atoms with E-state index < -0.39 is 11.9 Å². The molecular weight excluding hydrogens is 221 g/mol. The van der Waals surface area contributed by atoms with Crippen molar-refractivity contribution >= 4 is 17.3 Å². The number of anilines is 1. The summed E-state index contributed by atoms with van der Waals surface area (Å²) in [6.07, 6.45) is -0.913. The van der Waals surface area contributed by atoms with Crippen LogP contribution in [0.1, 0.15) is 5.56 Å². The third-order valence-electron chi connectivity index (χ3n) is 1.99. The molecule has 0 fully saturated rings. The van der Waals surface area contributed by atoms with Gasteiger partial charge in [-0.25, -0.2) is 4.39 Å². The average Bonchev–Trinajstić information content (AvgIpc) is 2.21. The van der Waals surface area contributed by atoms with E-state index in [0.717, 1.165) is 0 Å². The first-order chi connectivity index (χ1) is 7.04. The number of nitrogens with one attached hydrogen (secondary N) is 1. The third-order valence-corrected chi connectivity index (χ3v) is 2.39. The fraction of sp³-hybridized carbons (Fsp3) is 0.400. The van der Waals surface area contributed by atoms with Crippen LogP contribution < -0.4 is 5.32 Å². The number of aliphatic hydroxyl groups is 2. The normalized spacial score (nSPS) is 12.6. The average molecular weight is 234 g/mol. The van der Waals surface area contributed by atoms with Crippen molar-refractivity contribution in [2.24, 2.45) is 0 Å². The maximum Gasteiger partial charge on any atom is 0.146 e. The highest BCUT2D eigenvalue weighted by Gasteiger charge is 2.07. The largest absolute Gasteiger partial charge is 0.394 e. The Kier molecular flexibility index (Phi) is 4.32. The van der Waals surface area contributed by atoms with Gasteiger partial charge in [-0.1, -0.05) is 11.6 Å². The van der Waals surface area contributed by atoms with Crippen molar-refractivity contribution in [3.63, 3.8) is 0 Å². The molecule has 15 heavy (non-hydrogen) atoms. The number of hydrogen-bond donors (Lipinski definition) is 3. The van der Waals surface area contributed by atoms with Crippen LogP contribution in [0.3, 0.4) is 0 Å². The second-order valence-electron chi connectivity index (χ2n) is 3.30. The van der Waals surface area contributed by atoms with Gasteiger partial charge in [-0.05, 0) is 24.6 Å². The minimum atomic E-state index is -0.913. The maximum atomic E-state index is 13.3. The number of rotatable bonds is 4. The highest BCUT2D eigenvalue weighted by atomic mass is 35.5. The van der Waals surface area contributed by atoms with Gasteiger partial charge < -0.3 is 15.5 Å². The molecule has 1 rings (SSSR count). The zero-order chi connectivity index (χ0) is 11.4. The van der Waals surface area contributed by atoms with E-state index in [2.05, 4.69) is 5.32 Å². The van der Waals surface area contributed by atoms with Crippen molar-refractivity contribution in [2.45, 2.75) is 13.0 Å². The van der Waals surface area contributed by atoms with Crippen LogP contribution in [0.2, 0.25) is 5.02 Å². The van der Waals surface area contributed by atoms with Gasteiger partial charge >= 0.3 is 0 Å². The van der Waals surface area contributed by atoms with E-state index in [1.54, 1.807) is 6.92 Å². The maximum absolute atomic E-state index is 13.3. The molecule has 0 aliphatic carbocycles. The summed E-state index contributed by atoms with van der Waals surface area (Å²) in [5.74, 6) is -0.429. The second-order valence-corrected chi connectivity index (χ2v) is 3.71. The first-order valence-corrected chi connectivity index (χ1v) is 4.91. The van der Waals surface area contributed by atoms with Crippen LogP contribution in [0.4, 0.5) is 10.1 Å². The number of aliphatic hydroxyl groups excluding tert-OH is 2. The Morgan fingerprint density at radius 1 is 1.53 bits per heavy atom. The summed E-state index contributed by atoms with van der Waals surface area (Å²) in [5, 5.41) is 20.8. The van der Waals surface area contributed by atoms with Crippen LogP contribution >= 0.6 is 11.6 Å². The molecule has 0 heterocycles. The molecule has 0 bridgehead atoms. The molecule has 1 atom stereocenters. The van der Waals surface area contributed by atoms with Gasteiger partial charge in [0.05, 0.1) is 18.4 Å². The molecule has 84 valence electrons. The molecule has 0 aliphatic rings. The predicted molar refractivity (Wildman–Crippen MR) is 57.7 cm³/mol. The Labute approximate surface area is 92.5 Å². The van der Waals surface area contributed by atoms with Crippen LogP contribution in [-0.4, -0.2) is 29.5 Å². The van der Waals surface area contributed by atoms with Gasteiger partial charge in [-0.3, -0.25) is 0 Å². The van der Waals surface area contributed by atoms with Crippen LogP contribution in [0.25, 0.3) is 0 Å². The van der Waals surface area contributed by atoms with Gasteiger partial charge in [-0.2, -0.15) is 0 Å². The molecular formula is C10H13ClFNO2. The predicted octanol–water partition coefficient (Wildman–Crippen LogP) is 1.55. The van der Waals surface area contributed by atoms with Crippen LogP contribution in [0.15, 0.2) is 12.1 Å². The molecule has 3 N–H and O–H groups in total. The molecule has 1 aromatic rings. The van der Waals surface area contributed by atoms with Crippen molar-refractivity contribution in [1.82, 2.24) is 0 Å². The molecule has 0 aliphatic heterocycles. The van der Waals surface area contributed by atoms with E-state index >= 15 is 0 Å². The summed E-state index contributed by atoms with van der Waals surface area (Å²) in [6, 6.07) is 2.77. The minimum absolute atomic E-state index is 0.0762. The topological polar surface area (TPSA) is 52.5 Å². The van der Waals surface area contributed by atoms with Crippen molar-refractivity contribution in [2.75, 3.05) is 18.5 Å². The van der Waals surface area contributed by atoms with Gasteiger partial charge in [0.25, 0.3) is 0 Å². The smallest absolute Gasteiger partial charge is 0.146 e. The highest BCUT2D eigenvalue weighted by molar-refractivity contribution is 6.31. The number of hydrogen-bond acceptors (Lipinski definition) is 3. The summed E-state index contributed by atoms with van der Waals surface area (Å²) in [7, 11) is 0. The Hall–Kier alpha value is -0.840. The number of benzene rings is 1. The quantitative estimate of drug-likeness (QED) is 0.740. The van der Waals surface area contributed by atoms with Gasteiger partial charge in [-0.15, -0.1) is 0 Å². The van der Waals surface area contributed by atoms with Crippen molar-refractivity contribution < 1.29 is 14.6 Å². The molecule has 0 aromatic heterocycles. The van der Waals surface area contributed by atoms with Gasteiger partial charge in [0.2, 0.25) is 0 Å². The zero-order valence-electron chi connectivity index (χ0n) is 8.30. The van der Waals surface area contributed by atoms with Gasteiger partial charge in [0.1, 0.15) is 5.82 Å². The van der Waals surface area contributed by atoms with Crippen LogP contribution in [0, 0.1) is 12.7 Å². The number of halogens is 2. The molecule has 0 saturated heterocycles. The SMILES string of the molecule is Cc1cc(F)c(NCC(O)CO)cc1Cl. The van der Waals surface area contributed by atoms with Crippen LogP contribution in [-0.2, 0) is 0 Å². The first-order valence-electron chi connectivity index (χ1n) is 4.53. The van der Waals surface area contributed by atoms with E-state index in [1.807, 2.05) is 0 Å². The Bertz CT molecular complexity index is 346. The monoisotopic (exact) mass is 233 g/mol. The zero-order valence-corrected chi connectivity index (χ0v) is 9.05. The standard InChI is InChI=1S/C10H13ClFNO2/c1-6-2-9(12)10(3-8(6)11)13-4-7(15)5-14/h2-3,7,13-15H,4-5H2,1H3. The summed E-state index contributed by atoms with van der Waals surface area (Å²) in [5.41, 5.74) is 0.875. The van der Waals surface area contributed by atoms with Gasteiger partial charge in [0.15, 0.2) is 0 Å². The lowest BCUT2D eigenvalue weighted by Gasteiger charge is -2.12. The summed E-state index contributed by atoms with van der Waals surface area (Å²) in [4.78, 5) is 0. The van der Waals surface area contributed by atoms with E-state index in [-0.39, 0.29) is 18.8 Å². The fourth-order valence-corrected chi connectivity index (χ4v) is 1.24. The molecule has 0 amide bonds. The van der Waals surface area contributed by atoms with E-state index in [1.165, 1.54) is 12.1 Å². The molecule has 3 nitrogen and oxygen atoms in total. The molecule has 5 heteroatoms. The summed E-state index contributed by atoms with van der Waals surface area (Å²) >= 11 is 5.82. The molecule has 1 aromatic carbocycles. The van der Waals surface area contributed by atoms with Crippen molar-refractivity contribution in [3.8, 4) is 0 Å².